The summed E-state index contributed by atoms with van der Waals surface area (Å²) in [7, 11) is 0. The second kappa shape index (κ2) is 11.0. The molecular formula is C22H30N4O2. The molecule has 2 rings (SSSR count). The highest BCUT2D eigenvalue weighted by atomic mass is 16.5. The van der Waals surface area contributed by atoms with Gasteiger partial charge in [0.25, 0.3) is 5.91 Å². The van der Waals surface area contributed by atoms with Crippen molar-refractivity contribution in [2.24, 2.45) is 10.7 Å². The number of nitrogens with zero attached hydrogens (tertiary/aromatic N) is 1. The highest BCUT2D eigenvalue weighted by molar-refractivity contribution is 5.79. The molecule has 0 heterocycles. The van der Waals surface area contributed by atoms with Crippen molar-refractivity contribution >= 4 is 11.9 Å². The molecule has 0 aliphatic heterocycles. The number of rotatable bonds is 9. The molecule has 1 amide bonds. The van der Waals surface area contributed by atoms with E-state index in [4.69, 9.17) is 10.5 Å². The third kappa shape index (κ3) is 7.70. The van der Waals surface area contributed by atoms with E-state index in [9.17, 15) is 4.79 Å². The average molecular weight is 383 g/mol. The minimum atomic E-state index is -0.495. The number of primary amides is 1. The zero-order chi connectivity index (χ0) is 20.4. The Morgan fingerprint density at radius 2 is 1.82 bits per heavy atom. The van der Waals surface area contributed by atoms with Crippen LogP contribution in [0.4, 0.5) is 0 Å². The van der Waals surface area contributed by atoms with E-state index in [1.807, 2.05) is 25.1 Å². The Balaban J connectivity index is 1.92. The number of carbonyl (C=O) groups excluding carboxylic acids is 1. The molecule has 150 valence electrons. The number of aryl methyl sites for hydroxylation is 2. The maximum atomic E-state index is 10.8. The zero-order valence-electron chi connectivity index (χ0n) is 16.9. The largest absolute Gasteiger partial charge is 0.484 e. The van der Waals surface area contributed by atoms with E-state index < -0.39 is 5.91 Å². The van der Waals surface area contributed by atoms with Gasteiger partial charge in [-0.1, -0.05) is 41.5 Å². The van der Waals surface area contributed by atoms with Gasteiger partial charge < -0.3 is 21.1 Å². The normalized spacial score (nSPS) is 11.2. The van der Waals surface area contributed by atoms with Crippen molar-refractivity contribution in [3.63, 3.8) is 0 Å². The summed E-state index contributed by atoms with van der Waals surface area (Å²) in [6, 6.07) is 14.1. The summed E-state index contributed by atoms with van der Waals surface area (Å²) in [6.45, 7) is 8.25. The molecule has 6 heteroatoms. The number of guanidine groups is 1. The fourth-order valence-corrected chi connectivity index (χ4v) is 2.94. The van der Waals surface area contributed by atoms with E-state index in [1.165, 1.54) is 16.7 Å². The third-order valence-electron chi connectivity index (χ3n) is 4.03. The van der Waals surface area contributed by atoms with Gasteiger partial charge in [-0.3, -0.25) is 4.79 Å². The van der Waals surface area contributed by atoms with Gasteiger partial charge >= 0.3 is 0 Å². The predicted molar refractivity (Wildman–Crippen MR) is 114 cm³/mol. The Morgan fingerprint density at radius 3 is 2.50 bits per heavy atom. The lowest BCUT2D eigenvalue weighted by Gasteiger charge is -2.12. The molecule has 0 unspecified atom stereocenters. The summed E-state index contributed by atoms with van der Waals surface area (Å²) in [6.07, 6.45) is 0.934. The minimum absolute atomic E-state index is 0.130. The van der Waals surface area contributed by atoms with Gasteiger partial charge in [-0.05, 0) is 50.5 Å². The van der Waals surface area contributed by atoms with Crippen LogP contribution < -0.4 is 21.1 Å². The van der Waals surface area contributed by atoms with Gasteiger partial charge in [0, 0.05) is 13.1 Å². The van der Waals surface area contributed by atoms with Crippen molar-refractivity contribution in [1.82, 2.24) is 10.6 Å². The van der Waals surface area contributed by atoms with E-state index in [-0.39, 0.29) is 6.61 Å². The minimum Gasteiger partial charge on any atom is -0.484 e. The Hall–Kier alpha value is -3.02. The number of nitrogens with two attached hydrogens (primary N) is 1. The maximum Gasteiger partial charge on any atom is 0.255 e. The molecule has 0 aliphatic rings. The SMILES string of the molecule is CCNC(=NCc1cccc(OCC(N)=O)c1)NCCc1cc(C)cc(C)c1. The molecule has 2 aromatic rings. The van der Waals surface area contributed by atoms with Crippen LogP contribution >= 0.6 is 0 Å². The van der Waals surface area contributed by atoms with Gasteiger partial charge in [-0.15, -0.1) is 0 Å². The molecule has 4 N–H and O–H groups in total. The van der Waals surface area contributed by atoms with Gasteiger partial charge in [-0.2, -0.15) is 0 Å². The molecular weight excluding hydrogens is 352 g/mol. The van der Waals surface area contributed by atoms with Crippen LogP contribution in [0.3, 0.4) is 0 Å². The van der Waals surface area contributed by atoms with Crippen molar-refractivity contribution in [3.8, 4) is 5.75 Å². The van der Waals surface area contributed by atoms with Crippen LogP contribution in [0, 0.1) is 13.8 Å². The first-order valence-corrected chi connectivity index (χ1v) is 9.55. The first-order chi connectivity index (χ1) is 13.5. The second-order valence-corrected chi connectivity index (χ2v) is 6.77. The Labute approximate surface area is 167 Å². The van der Waals surface area contributed by atoms with Gasteiger partial charge in [0.15, 0.2) is 12.6 Å². The van der Waals surface area contributed by atoms with E-state index >= 15 is 0 Å². The summed E-state index contributed by atoms with van der Waals surface area (Å²) >= 11 is 0. The predicted octanol–water partition coefficient (Wildman–Crippen LogP) is 2.47. The van der Waals surface area contributed by atoms with Crippen molar-refractivity contribution < 1.29 is 9.53 Å². The number of hydrogen-bond acceptors (Lipinski definition) is 3. The van der Waals surface area contributed by atoms with Crippen LogP contribution in [0.5, 0.6) is 5.75 Å². The number of hydrogen-bond donors (Lipinski definition) is 3. The summed E-state index contributed by atoms with van der Waals surface area (Å²) in [5, 5.41) is 6.64. The van der Waals surface area contributed by atoms with Crippen molar-refractivity contribution in [1.29, 1.82) is 0 Å². The lowest BCUT2D eigenvalue weighted by Crippen LogP contribution is -2.38. The number of amides is 1. The van der Waals surface area contributed by atoms with Crippen molar-refractivity contribution in [2.45, 2.75) is 33.7 Å². The maximum absolute atomic E-state index is 10.8. The van der Waals surface area contributed by atoms with Crippen LogP contribution in [0.2, 0.25) is 0 Å². The Kier molecular flexibility index (Phi) is 8.34. The topological polar surface area (TPSA) is 88.7 Å². The van der Waals surface area contributed by atoms with Gasteiger partial charge in [0.1, 0.15) is 5.75 Å². The Morgan fingerprint density at radius 1 is 1.07 bits per heavy atom. The molecule has 0 aliphatic carbocycles. The standard InChI is InChI=1S/C22H30N4O2/c1-4-24-22(25-9-8-18-11-16(2)10-17(3)12-18)26-14-19-6-5-7-20(13-19)28-15-21(23)27/h5-7,10-13H,4,8-9,14-15H2,1-3H3,(H2,23,27)(H2,24,25,26). The smallest absolute Gasteiger partial charge is 0.255 e. The summed E-state index contributed by atoms with van der Waals surface area (Å²) < 4.78 is 5.34. The molecule has 0 spiro atoms. The summed E-state index contributed by atoms with van der Waals surface area (Å²) in [5.74, 6) is 0.889. The van der Waals surface area contributed by atoms with E-state index in [1.54, 1.807) is 6.07 Å². The molecule has 0 saturated carbocycles. The van der Waals surface area contributed by atoms with Crippen LogP contribution in [-0.2, 0) is 17.8 Å². The van der Waals surface area contributed by atoms with Crippen LogP contribution in [0.15, 0.2) is 47.5 Å². The zero-order valence-corrected chi connectivity index (χ0v) is 16.9. The van der Waals surface area contributed by atoms with Crippen LogP contribution in [0.25, 0.3) is 0 Å². The fraction of sp³-hybridized carbons (Fsp3) is 0.364. The number of aliphatic imine (C=N–C) groups is 1. The summed E-state index contributed by atoms with van der Waals surface area (Å²) in [5.41, 5.74) is 10.00. The molecule has 0 fully saturated rings. The second-order valence-electron chi connectivity index (χ2n) is 6.77. The third-order valence-corrected chi connectivity index (χ3v) is 4.03. The molecule has 28 heavy (non-hydrogen) atoms. The van der Waals surface area contributed by atoms with Gasteiger partial charge in [0.2, 0.25) is 0 Å². The molecule has 6 nitrogen and oxygen atoms in total. The lowest BCUT2D eigenvalue weighted by molar-refractivity contribution is -0.119. The number of carbonyl (C=O) groups is 1. The monoisotopic (exact) mass is 382 g/mol. The average Bonchev–Trinajstić information content (AvgIpc) is 2.64. The first-order valence-electron chi connectivity index (χ1n) is 9.55. The molecule has 0 bridgehead atoms. The van der Waals surface area contributed by atoms with Crippen molar-refractivity contribution in [2.75, 3.05) is 19.7 Å². The number of nitrogens with one attached hydrogen (secondary N) is 2. The highest BCUT2D eigenvalue weighted by Crippen LogP contribution is 2.14. The Bertz CT molecular complexity index is 798. The van der Waals surface area contributed by atoms with E-state index in [0.29, 0.717) is 12.3 Å². The van der Waals surface area contributed by atoms with Crippen molar-refractivity contribution in [3.05, 3.63) is 64.7 Å². The molecule has 0 radical (unpaired) electrons. The first kappa shape index (κ1) is 21.3. The highest BCUT2D eigenvalue weighted by Gasteiger charge is 2.02. The van der Waals surface area contributed by atoms with E-state index in [2.05, 4.69) is 47.7 Å². The molecule has 0 saturated heterocycles. The van der Waals surface area contributed by atoms with E-state index in [0.717, 1.165) is 31.0 Å². The lowest BCUT2D eigenvalue weighted by atomic mass is 10.1. The van der Waals surface area contributed by atoms with Crippen LogP contribution in [0.1, 0.15) is 29.2 Å². The molecule has 0 aromatic heterocycles. The number of benzene rings is 2. The van der Waals surface area contributed by atoms with Gasteiger partial charge in [-0.25, -0.2) is 4.99 Å². The quantitative estimate of drug-likeness (QED) is 0.459. The number of ether oxygens (including phenoxy) is 1. The molecule has 0 atom stereocenters. The molecule has 2 aromatic carbocycles. The van der Waals surface area contributed by atoms with Crippen LogP contribution in [-0.4, -0.2) is 31.6 Å². The fourth-order valence-electron chi connectivity index (χ4n) is 2.94. The van der Waals surface area contributed by atoms with Gasteiger partial charge in [0.05, 0.1) is 6.54 Å². The summed E-state index contributed by atoms with van der Waals surface area (Å²) in [4.78, 5) is 15.5.